The Morgan fingerprint density at radius 1 is 1.00 bits per heavy atom. The fraction of sp³-hybridized carbons (Fsp3) is 0.882. The molecule has 2 saturated heterocycles. The maximum Gasteiger partial charge on any atom is 0.236 e. The van der Waals surface area contributed by atoms with Crippen LogP contribution in [0.2, 0.25) is 0 Å². The van der Waals surface area contributed by atoms with Crippen molar-refractivity contribution in [2.24, 2.45) is 5.41 Å². The molecule has 0 aromatic rings. The monoisotopic (exact) mass is 325 g/mol. The van der Waals surface area contributed by atoms with Crippen LogP contribution in [0.3, 0.4) is 0 Å². The third kappa shape index (κ3) is 4.44. The van der Waals surface area contributed by atoms with Crippen molar-refractivity contribution in [3.63, 3.8) is 0 Å². The van der Waals surface area contributed by atoms with Gasteiger partial charge in [-0.3, -0.25) is 14.5 Å². The van der Waals surface area contributed by atoms with Crippen LogP contribution < -0.4 is 0 Å². The second-order valence-electron chi connectivity index (χ2n) is 8.20. The molecule has 132 valence electrons. The summed E-state index contributed by atoms with van der Waals surface area (Å²) < 4.78 is 5.30. The molecule has 2 amide bonds. The van der Waals surface area contributed by atoms with Gasteiger partial charge >= 0.3 is 0 Å². The number of ether oxygens (including phenoxy) is 1. The molecule has 0 aliphatic carbocycles. The fourth-order valence-corrected chi connectivity index (χ4v) is 3.21. The molecule has 0 bridgehead atoms. The Morgan fingerprint density at radius 2 is 1.61 bits per heavy atom. The predicted molar refractivity (Wildman–Crippen MR) is 89.1 cm³/mol. The average Bonchev–Trinajstić information content (AvgIpc) is 2.48. The van der Waals surface area contributed by atoms with Crippen molar-refractivity contribution in [2.45, 2.75) is 40.2 Å². The summed E-state index contributed by atoms with van der Waals surface area (Å²) >= 11 is 0. The van der Waals surface area contributed by atoms with Gasteiger partial charge in [-0.05, 0) is 13.8 Å². The molecule has 23 heavy (non-hydrogen) atoms. The average molecular weight is 325 g/mol. The molecule has 0 saturated carbocycles. The van der Waals surface area contributed by atoms with E-state index < -0.39 is 0 Å². The van der Waals surface area contributed by atoms with Gasteiger partial charge in [-0.1, -0.05) is 20.8 Å². The summed E-state index contributed by atoms with van der Waals surface area (Å²) in [4.78, 5) is 31.0. The predicted octanol–water partition coefficient (Wildman–Crippen LogP) is 0.814. The lowest BCUT2D eigenvalue weighted by Crippen LogP contribution is -2.63. The van der Waals surface area contributed by atoms with E-state index >= 15 is 0 Å². The third-order valence-electron chi connectivity index (χ3n) is 4.69. The largest absolute Gasteiger partial charge is 0.378 e. The van der Waals surface area contributed by atoms with Crippen molar-refractivity contribution < 1.29 is 14.3 Å². The quantitative estimate of drug-likeness (QED) is 0.754. The van der Waals surface area contributed by atoms with Crippen LogP contribution in [0.1, 0.15) is 34.6 Å². The molecule has 2 aliphatic rings. The lowest BCUT2D eigenvalue weighted by molar-refractivity contribution is -0.147. The van der Waals surface area contributed by atoms with Crippen molar-refractivity contribution in [1.29, 1.82) is 0 Å². The highest BCUT2D eigenvalue weighted by atomic mass is 16.5. The Kier molecular flexibility index (Phi) is 5.36. The Balaban J connectivity index is 1.95. The first-order valence-corrected chi connectivity index (χ1v) is 8.51. The summed E-state index contributed by atoms with van der Waals surface area (Å²) in [5, 5.41) is 0. The molecular formula is C17H31N3O3. The number of carbonyl (C=O) groups is 2. The minimum Gasteiger partial charge on any atom is -0.378 e. The standard InChI is InChI=1S/C17H31N3O3/c1-16(2,3)15(22)19-6-7-20(17(4,5)13-19)12-14(21)18-8-10-23-11-9-18/h6-13H2,1-5H3. The van der Waals surface area contributed by atoms with Crippen LogP contribution in [0.15, 0.2) is 0 Å². The van der Waals surface area contributed by atoms with E-state index in [4.69, 9.17) is 4.74 Å². The van der Waals surface area contributed by atoms with Crippen molar-refractivity contribution in [2.75, 3.05) is 52.5 Å². The van der Waals surface area contributed by atoms with Crippen LogP contribution in [-0.2, 0) is 14.3 Å². The van der Waals surface area contributed by atoms with E-state index in [9.17, 15) is 9.59 Å². The molecule has 0 atom stereocenters. The molecule has 0 unspecified atom stereocenters. The summed E-state index contributed by atoms with van der Waals surface area (Å²) in [5.74, 6) is 0.349. The first-order chi connectivity index (χ1) is 10.6. The zero-order valence-corrected chi connectivity index (χ0v) is 15.2. The van der Waals surface area contributed by atoms with Crippen LogP contribution in [0.25, 0.3) is 0 Å². The van der Waals surface area contributed by atoms with Gasteiger partial charge < -0.3 is 14.5 Å². The molecule has 6 nitrogen and oxygen atoms in total. The highest BCUT2D eigenvalue weighted by molar-refractivity contribution is 5.82. The Hall–Kier alpha value is -1.14. The Morgan fingerprint density at radius 3 is 2.13 bits per heavy atom. The van der Waals surface area contributed by atoms with Crippen LogP contribution in [0.5, 0.6) is 0 Å². The minimum absolute atomic E-state index is 0.164. The molecule has 0 spiro atoms. The van der Waals surface area contributed by atoms with Gasteiger partial charge in [0.05, 0.1) is 19.8 Å². The highest BCUT2D eigenvalue weighted by Crippen LogP contribution is 2.25. The number of amides is 2. The number of carbonyl (C=O) groups excluding carboxylic acids is 2. The first-order valence-electron chi connectivity index (χ1n) is 8.51. The molecular weight excluding hydrogens is 294 g/mol. The lowest BCUT2D eigenvalue weighted by atomic mass is 9.91. The van der Waals surface area contributed by atoms with E-state index in [1.54, 1.807) is 0 Å². The zero-order valence-electron chi connectivity index (χ0n) is 15.2. The smallest absolute Gasteiger partial charge is 0.236 e. The SMILES string of the molecule is CC(C)(C)C(=O)N1CCN(CC(=O)N2CCOCC2)C(C)(C)C1. The summed E-state index contributed by atoms with van der Waals surface area (Å²) in [7, 11) is 0. The highest BCUT2D eigenvalue weighted by Gasteiger charge is 2.39. The molecule has 0 aromatic heterocycles. The number of hydrogen-bond acceptors (Lipinski definition) is 4. The molecule has 6 heteroatoms. The maximum absolute atomic E-state index is 12.5. The maximum atomic E-state index is 12.5. The van der Waals surface area contributed by atoms with Crippen molar-refractivity contribution in [1.82, 2.24) is 14.7 Å². The summed E-state index contributed by atoms with van der Waals surface area (Å²) in [5.41, 5.74) is -0.553. The van der Waals surface area contributed by atoms with Gasteiger partial charge in [0.2, 0.25) is 11.8 Å². The minimum atomic E-state index is -0.359. The molecule has 2 rings (SSSR count). The van der Waals surface area contributed by atoms with Crippen LogP contribution in [-0.4, -0.2) is 84.5 Å². The van der Waals surface area contributed by atoms with Crippen molar-refractivity contribution in [3.05, 3.63) is 0 Å². The van der Waals surface area contributed by atoms with Gasteiger partial charge in [0, 0.05) is 43.7 Å². The molecule has 0 N–H and O–H groups in total. The van der Waals surface area contributed by atoms with Gasteiger partial charge in [-0.25, -0.2) is 0 Å². The number of nitrogens with zero attached hydrogens (tertiary/aromatic N) is 3. The second-order valence-corrected chi connectivity index (χ2v) is 8.20. The van der Waals surface area contributed by atoms with E-state index in [0.717, 1.165) is 6.54 Å². The van der Waals surface area contributed by atoms with Gasteiger partial charge in [0.25, 0.3) is 0 Å². The number of piperazine rings is 1. The number of morpholine rings is 1. The summed E-state index contributed by atoms with van der Waals surface area (Å²) in [6.45, 7) is 15.2. The van der Waals surface area contributed by atoms with Gasteiger partial charge in [0.1, 0.15) is 0 Å². The third-order valence-corrected chi connectivity index (χ3v) is 4.69. The first kappa shape index (κ1) is 18.2. The van der Waals surface area contributed by atoms with Gasteiger partial charge in [0.15, 0.2) is 0 Å². The van der Waals surface area contributed by atoms with E-state index in [2.05, 4.69) is 18.7 Å². The Bertz CT molecular complexity index is 450. The summed E-state index contributed by atoms with van der Waals surface area (Å²) in [6.07, 6.45) is 0. The molecule has 0 radical (unpaired) electrons. The Labute approximate surface area is 139 Å². The molecule has 2 fully saturated rings. The van der Waals surface area contributed by atoms with Crippen molar-refractivity contribution in [3.8, 4) is 0 Å². The van der Waals surface area contributed by atoms with Gasteiger partial charge in [-0.2, -0.15) is 0 Å². The number of rotatable bonds is 2. The number of hydrogen-bond donors (Lipinski definition) is 0. The molecule has 2 aliphatic heterocycles. The van der Waals surface area contributed by atoms with Crippen LogP contribution >= 0.6 is 0 Å². The van der Waals surface area contributed by atoms with E-state index in [1.165, 1.54) is 0 Å². The van der Waals surface area contributed by atoms with Crippen LogP contribution in [0, 0.1) is 5.41 Å². The zero-order chi connectivity index (χ0) is 17.3. The second kappa shape index (κ2) is 6.77. The normalized spacial score (nSPS) is 23.0. The van der Waals surface area contributed by atoms with Crippen LogP contribution in [0.4, 0.5) is 0 Å². The van der Waals surface area contributed by atoms with E-state index in [0.29, 0.717) is 45.9 Å². The van der Waals surface area contributed by atoms with Crippen molar-refractivity contribution >= 4 is 11.8 Å². The topological polar surface area (TPSA) is 53.1 Å². The lowest BCUT2D eigenvalue weighted by Gasteiger charge is -2.48. The fourth-order valence-electron chi connectivity index (χ4n) is 3.21. The molecule has 2 heterocycles. The molecule has 0 aromatic carbocycles. The van der Waals surface area contributed by atoms with E-state index in [-0.39, 0.29) is 22.8 Å². The summed E-state index contributed by atoms with van der Waals surface area (Å²) in [6, 6.07) is 0. The van der Waals surface area contributed by atoms with Gasteiger partial charge in [-0.15, -0.1) is 0 Å². The van der Waals surface area contributed by atoms with E-state index in [1.807, 2.05) is 30.6 Å².